The highest BCUT2D eigenvalue weighted by atomic mass is 16.6. The van der Waals surface area contributed by atoms with Gasteiger partial charge in [-0.2, -0.15) is 0 Å². The highest BCUT2D eigenvalue weighted by Crippen LogP contribution is 2.33. The lowest BCUT2D eigenvalue weighted by Crippen LogP contribution is -2.31. The Hall–Kier alpha value is -2.69. The molecule has 0 saturated heterocycles. The van der Waals surface area contributed by atoms with E-state index < -0.39 is 0 Å². The van der Waals surface area contributed by atoms with E-state index in [1.54, 1.807) is 18.0 Å². The Morgan fingerprint density at radius 2 is 1.78 bits per heavy atom. The van der Waals surface area contributed by atoms with Crippen molar-refractivity contribution < 1.29 is 19.0 Å². The summed E-state index contributed by atoms with van der Waals surface area (Å²) in [6.45, 7) is 3.05. The molecule has 1 amide bonds. The molecule has 2 aromatic rings. The molecule has 23 heavy (non-hydrogen) atoms. The fourth-order valence-electron chi connectivity index (χ4n) is 2.26. The number of nitrogens with zero attached hydrogens (tertiary/aromatic N) is 1. The van der Waals surface area contributed by atoms with Crippen LogP contribution in [-0.4, -0.2) is 32.8 Å². The normalized spacial score (nSPS) is 12.6. The van der Waals surface area contributed by atoms with Gasteiger partial charge in [0.1, 0.15) is 19.0 Å². The van der Waals surface area contributed by atoms with E-state index in [0.717, 1.165) is 11.3 Å². The van der Waals surface area contributed by atoms with E-state index in [4.69, 9.17) is 14.2 Å². The van der Waals surface area contributed by atoms with Crippen LogP contribution in [0.15, 0.2) is 42.5 Å². The maximum Gasteiger partial charge on any atom is 0.264 e. The van der Waals surface area contributed by atoms with Crippen molar-refractivity contribution in [3.63, 3.8) is 0 Å². The van der Waals surface area contributed by atoms with E-state index in [-0.39, 0.29) is 12.5 Å². The van der Waals surface area contributed by atoms with Crippen LogP contribution < -0.4 is 19.1 Å². The van der Waals surface area contributed by atoms with Gasteiger partial charge in [-0.05, 0) is 31.2 Å². The molecule has 2 aromatic carbocycles. The lowest BCUT2D eigenvalue weighted by molar-refractivity contribution is -0.120. The SMILES string of the molecule is Cc1ccc(OCC(=O)N(C)c2ccc3c(c2)OCCO3)cc1. The zero-order valence-corrected chi connectivity index (χ0v) is 13.2. The van der Waals surface area contributed by atoms with Crippen molar-refractivity contribution in [2.45, 2.75) is 6.92 Å². The van der Waals surface area contributed by atoms with Crippen LogP contribution in [0.25, 0.3) is 0 Å². The van der Waals surface area contributed by atoms with Crippen molar-refractivity contribution in [2.24, 2.45) is 0 Å². The minimum Gasteiger partial charge on any atom is -0.486 e. The van der Waals surface area contributed by atoms with E-state index in [2.05, 4.69) is 0 Å². The molecule has 0 unspecified atom stereocenters. The first-order valence-corrected chi connectivity index (χ1v) is 7.49. The summed E-state index contributed by atoms with van der Waals surface area (Å²) in [5, 5.41) is 0. The van der Waals surface area contributed by atoms with Gasteiger partial charge in [-0.1, -0.05) is 17.7 Å². The van der Waals surface area contributed by atoms with E-state index >= 15 is 0 Å². The quantitative estimate of drug-likeness (QED) is 0.871. The summed E-state index contributed by atoms with van der Waals surface area (Å²) in [7, 11) is 1.71. The van der Waals surface area contributed by atoms with Crippen LogP contribution in [0.5, 0.6) is 17.2 Å². The van der Waals surface area contributed by atoms with Gasteiger partial charge < -0.3 is 19.1 Å². The monoisotopic (exact) mass is 313 g/mol. The van der Waals surface area contributed by atoms with Crippen molar-refractivity contribution in [3.05, 3.63) is 48.0 Å². The van der Waals surface area contributed by atoms with Gasteiger partial charge in [0.25, 0.3) is 5.91 Å². The Balaban J connectivity index is 1.64. The van der Waals surface area contributed by atoms with E-state index in [1.807, 2.05) is 43.3 Å². The highest BCUT2D eigenvalue weighted by molar-refractivity contribution is 5.94. The lowest BCUT2D eigenvalue weighted by atomic mass is 10.2. The first-order valence-electron chi connectivity index (χ1n) is 7.49. The molecule has 0 aliphatic carbocycles. The van der Waals surface area contributed by atoms with Gasteiger partial charge in [-0.3, -0.25) is 4.79 Å². The van der Waals surface area contributed by atoms with Crippen molar-refractivity contribution in [3.8, 4) is 17.2 Å². The average molecular weight is 313 g/mol. The van der Waals surface area contributed by atoms with Gasteiger partial charge >= 0.3 is 0 Å². The van der Waals surface area contributed by atoms with Crippen LogP contribution in [0.4, 0.5) is 5.69 Å². The number of aryl methyl sites for hydroxylation is 1. The molecule has 1 aliphatic heterocycles. The smallest absolute Gasteiger partial charge is 0.264 e. The molecule has 0 fully saturated rings. The van der Waals surface area contributed by atoms with Gasteiger partial charge in [-0.15, -0.1) is 0 Å². The molecule has 0 spiro atoms. The maximum absolute atomic E-state index is 12.3. The van der Waals surface area contributed by atoms with Crippen molar-refractivity contribution in [2.75, 3.05) is 31.8 Å². The fourth-order valence-corrected chi connectivity index (χ4v) is 2.26. The topological polar surface area (TPSA) is 48.0 Å². The van der Waals surface area contributed by atoms with E-state index in [1.165, 1.54) is 0 Å². The molecule has 0 saturated carbocycles. The molecular formula is C18H19NO4. The zero-order chi connectivity index (χ0) is 16.2. The Kier molecular flexibility index (Phi) is 4.37. The second kappa shape index (κ2) is 6.60. The summed E-state index contributed by atoms with van der Waals surface area (Å²) in [5.74, 6) is 1.91. The number of hydrogen-bond acceptors (Lipinski definition) is 4. The molecule has 120 valence electrons. The number of fused-ring (bicyclic) bond motifs is 1. The maximum atomic E-state index is 12.3. The van der Waals surface area contributed by atoms with Crippen molar-refractivity contribution in [1.82, 2.24) is 0 Å². The van der Waals surface area contributed by atoms with Crippen LogP contribution in [0.1, 0.15) is 5.56 Å². The number of carbonyl (C=O) groups is 1. The highest BCUT2D eigenvalue weighted by Gasteiger charge is 2.16. The first kappa shape index (κ1) is 15.2. The largest absolute Gasteiger partial charge is 0.486 e. The summed E-state index contributed by atoms with van der Waals surface area (Å²) in [4.78, 5) is 13.8. The third-order valence-electron chi connectivity index (χ3n) is 3.67. The molecular weight excluding hydrogens is 294 g/mol. The number of benzene rings is 2. The summed E-state index contributed by atoms with van der Waals surface area (Å²) in [5.41, 5.74) is 1.89. The number of anilines is 1. The van der Waals surface area contributed by atoms with Gasteiger partial charge in [0.15, 0.2) is 18.1 Å². The Labute approximate surface area is 135 Å². The van der Waals surface area contributed by atoms with Crippen molar-refractivity contribution in [1.29, 1.82) is 0 Å². The number of carbonyl (C=O) groups excluding carboxylic acids is 1. The average Bonchev–Trinajstić information content (AvgIpc) is 2.60. The van der Waals surface area contributed by atoms with Gasteiger partial charge in [-0.25, -0.2) is 0 Å². The number of hydrogen-bond donors (Lipinski definition) is 0. The summed E-state index contributed by atoms with van der Waals surface area (Å²) >= 11 is 0. The molecule has 0 aromatic heterocycles. The molecule has 0 bridgehead atoms. The molecule has 0 atom stereocenters. The Bertz CT molecular complexity index is 697. The molecule has 1 aliphatic rings. The summed E-state index contributed by atoms with van der Waals surface area (Å²) in [6.07, 6.45) is 0. The molecule has 3 rings (SSSR count). The van der Waals surface area contributed by atoms with Gasteiger partial charge in [0.2, 0.25) is 0 Å². The standard InChI is InChI=1S/C18H19NO4/c1-13-3-6-15(7-4-13)23-12-18(20)19(2)14-5-8-16-17(11-14)22-10-9-21-16/h3-8,11H,9-10,12H2,1-2H3. The third-order valence-corrected chi connectivity index (χ3v) is 3.67. The molecule has 5 heteroatoms. The van der Waals surface area contributed by atoms with E-state index in [9.17, 15) is 4.79 Å². The van der Waals surface area contributed by atoms with Crippen LogP contribution >= 0.6 is 0 Å². The minimum atomic E-state index is -0.137. The number of likely N-dealkylation sites (N-methyl/N-ethyl adjacent to an activating group) is 1. The van der Waals surface area contributed by atoms with Crippen molar-refractivity contribution >= 4 is 11.6 Å². The molecule has 1 heterocycles. The van der Waals surface area contributed by atoms with E-state index in [0.29, 0.717) is 30.5 Å². The number of amides is 1. The van der Waals surface area contributed by atoms with Gasteiger partial charge in [0.05, 0.1) is 0 Å². The summed E-state index contributed by atoms with van der Waals surface area (Å²) in [6, 6.07) is 13.1. The first-order chi connectivity index (χ1) is 11.1. The van der Waals surface area contributed by atoms with Gasteiger partial charge in [0, 0.05) is 18.8 Å². The lowest BCUT2D eigenvalue weighted by Gasteiger charge is -2.22. The van der Waals surface area contributed by atoms with Crippen LogP contribution in [0, 0.1) is 6.92 Å². The number of ether oxygens (including phenoxy) is 3. The molecule has 0 N–H and O–H groups in total. The van der Waals surface area contributed by atoms with Crippen LogP contribution in [-0.2, 0) is 4.79 Å². The third kappa shape index (κ3) is 3.56. The predicted octanol–water partition coefficient (Wildman–Crippen LogP) is 2.81. The predicted molar refractivity (Wildman–Crippen MR) is 87.5 cm³/mol. The molecule has 5 nitrogen and oxygen atoms in total. The van der Waals surface area contributed by atoms with Crippen LogP contribution in [0.2, 0.25) is 0 Å². The Morgan fingerprint density at radius 3 is 2.52 bits per heavy atom. The minimum absolute atomic E-state index is 0.0198. The summed E-state index contributed by atoms with van der Waals surface area (Å²) < 4.78 is 16.6. The second-order valence-corrected chi connectivity index (χ2v) is 5.38. The Morgan fingerprint density at radius 1 is 1.09 bits per heavy atom. The molecule has 0 radical (unpaired) electrons. The fraction of sp³-hybridized carbons (Fsp3) is 0.278. The van der Waals surface area contributed by atoms with Crippen LogP contribution in [0.3, 0.4) is 0 Å². The second-order valence-electron chi connectivity index (χ2n) is 5.38. The zero-order valence-electron chi connectivity index (χ0n) is 13.2. The number of rotatable bonds is 4.